The zero-order chi connectivity index (χ0) is 22.1. The Morgan fingerprint density at radius 2 is 1.78 bits per heavy atom. The third kappa shape index (κ3) is 3.49. The van der Waals surface area contributed by atoms with E-state index in [0.717, 1.165) is 32.6 Å². The fourth-order valence-corrected chi connectivity index (χ4v) is 5.18. The monoisotopic (exact) mass is 506 g/mol. The third-order valence-corrected chi connectivity index (χ3v) is 6.92. The van der Waals surface area contributed by atoms with E-state index >= 15 is 0 Å². The van der Waals surface area contributed by atoms with Crippen LogP contribution >= 0.6 is 27.7 Å². The Morgan fingerprint density at radius 3 is 2.53 bits per heavy atom. The van der Waals surface area contributed by atoms with Crippen molar-refractivity contribution in [1.82, 2.24) is 5.43 Å². The van der Waals surface area contributed by atoms with Crippen LogP contribution in [0.3, 0.4) is 0 Å². The van der Waals surface area contributed by atoms with Crippen LogP contribution in [0.4, 0.5) is 5.69 Å². The molecule has 0 amide bonds. The summed E-state index contributed by atoms with van der Waals surface area (Å²) in [5.41, 5.74) is 7.94. The number of carbonyl (C=O) groups is 1. The van der Waals surface area contributed by atoms with E-state index in [9.17, 15) is 4.79 Å². The molecular formula is C24H19BrN4O2S. The summed E-state index contributed by atoms with van der Waals surface area (Å²) in [4.78, 5) is 11.7. The Morgan fingerprint density at radius 1 is 1.06 bits per heavy atom. The van der Waals surface area contributed by atoms with Gasteiger partial charge in [0, 0.05) is 21.2 Å². The van der Waals surface area contributed by atoms with E-state index in [0.29, 0.717) is 0 Å². The second kappa shape index (κ2) is 8.44. The number of hydrazone groups is 2. The quantitative estimate of drug-likeness (QED) is 0.501. The minimum atomic E-state index is -0.926. The van der Waals surface area contributed by atoms with Crippen LogP contribution in [0.15, 0.2) is 93.5 Å². The maximum absolute atomic E-state index is 12.6. The average Bonchev–Trinajstić information content (AvgIpc) is 3.21. The predicted octanol–water partition coefficient (Wildman–Crippen LogP) is 5.05. The molecule has 160 valence electrons. The van der Waals surface area contributed by atoms with Gasteiger partial charge in [0.1, 0.15) is 0 Å². The smallest absolute Gasteiger partial charge is 0.365 e. The molecule has 3 aromatic rings. The Balaban J connectivity index is 1.66. The molecule has 1 N–H and O–H groups in total. The largest absolute Gasteiger partial charge is 0.461 e. The number of esters is 1. The van der Waals surface area contributed by atoms with Crippen LogP contribution in [-0.2, 0) is 14.5 Å². The summed E-state index contributed by atoms with van der Waals surface area (Å²) in [5, 5.41) is 11.5. The fourth-order valence-electron chi connectivity index (χ4n) is 3.75. The van der Waals surface area contributed by atoms with Crippen molar-refractivity contribution in [2.75, 3.05) is 11.6 Å². The summed E-state index contributed by atoms with van der Waals surface area (Å²) in [6, 6.07) is 25.9. The average molecular weight is 507 g/mol. The van der Waals surface area contributed by atoms with Gasteiger partial charge in [-0.1, -0.05) is 70.5 Å². The van der Waals surface area contributed by atoms with Crippen molar-refractivity contribution in [1.29, 1.82) is 0 Å². The Hall–Kier alpha value is -3.10. The summed E-state index contributed by atoms with van der Waals surface area (Å²) < 4.78 is 6.21. The molecule has 3 aromatic carbocycles. The van der Waals surface area contributed by atoms with E-state index < -0.39 is 11.0 Å². The summed E-state index contributed by atoms with van der Waals surface area (Å²) >= 11 is 4.79. The van der Waals surface area contributed by atoms with Crippen LogP contribution in [0.5, 0.6) is 0 Å². The molecule has 6 nitrogen and oxygen atoms in total. The lowest BCUT2D eigenvalue weighted by atomic mass is 9.94. The molecule has 0 radical (unpaired) electrons. The van der Waals surface area contributed by atoms with Gasteiger partial charge < -0.3 is 4.74 Å². The molecule has 2 heterocycles. The Kier molecular flexibility index (Phi) is 5.48. The first-order valence-corrected chi connectivity index (χ1v) is 11.7. The van der Waals surface area contributed by atoms with Crippen molar-refractivity contribution in [3.8, 4) is 0 Å². The topological polar surface area (TPSA) is 66.3 Å². The maximum atomic E-state index is 12.6. The zero-order valence-electron chi connectivity index (χ0n) is 17.2. The van der Waals surface area contributed by atoms with E-state index in [1.54, 1.807) is 11.9 Å². The number of thioether (sulfide) groups is 1. The van der Waals surface area contributed by atoms with Crippen molar-refractivity contribution >= 4 is 50.1 Å². The summed E-state index contributed by atoms with van der Waals surface area (Å²) in [7, 11) is 0. The molecule has 0 saturated heterocycles. The lowest BCUT2D eigenvalue weighted by Gasteiger charge is -2.40. The van der Waals surface area contributed by atoms with Gasteiger partial charge in [-0.15, -0.1) is 0 Å². The van der Waals surface area contributed by atoms with Crippen LogP contribution in [0.2, 0.25) is 0 Å². The van der Waals surface area contributed by atoms with Crippen LogP contribution in [0.1, 0.15) is 23.6 Å². The number of carbonyl (C=O) groups excluding carboxylic acids is 1. The second-order valence-electron chi connectivity index (χ2n) is 7.14. The molecule has 0 fully saturated rings. The van der Waals surface area contributed by atoms with E-state index in [1.165, 1.54) is 11.8 Å². The van der Waals surface area contributed by atoms with Gasteiger partial charge in [-0.25, -0.2) is 9.80 Å². The molecule has 0 saturated carbocycles. The highest BCUT2D eigenvalue weighted by Gasteiger charge is 2.51. The number of halogens is 1. The van der Waals surface area contributed by atoms with E-state index in [1.807, 2.05) is 78.9 Å². The molecule has 2 aliphatic heterocycles. The number of rotatable bonds is 4. The zero-order valence-corrected chi connectivity index (χ0v) is 19.6. The van der Waals surface area contributed by atoms with Gasteiger partial charge >= 0.3 is 5.97 Å². The highest BCUT2D eigenvalue weighted by atomic mass is 79.9. The van der Waals surface area contributed by atoms with Gasteiger partial charge in [-0.05, 0) is 43.0 Å². The Labute approximate surface area is 198 Å². The van der Waals surface area contributed by atoms with Crippen LogP contribution in [0, 0.1) is 0 Å². The number of hydrogen-bond donors (Lipinski definition) is 1. The first-order chi connectivity index (χ1) is 15.6. The van der Waals surface area contributed by atoms with Crippen molar-refractivity contribution in [3.05, 3.63) is 100 Å². The van der Waals surface area contributed by atoms with Crippen molar-refractivity contribution in [3.63, 3.8) is 0 Å². The molecule has 0 aromatic heterocycles. The minimum Gasteiger partial charge on any atom is -0.461 e. The third-order valence-electron chi connectivity index (χ3n) is 5.17. The van der Waals surface area contributed by atoms with Crippen molar-refractivity contribution in [2.24, 2.45) is 10.2 Å². The Bertz CT molecular complexity index is 1230. The predicted molar refractivity (Wildman–Crippen MR) is 132 cm³/mol. The normalized spacial score (nSPS) is 19.1. The van der Waals surface area contributed by atoms with Crippen molar-refractivity contribution < 1.29 is 9.53 Å². The molecule has 8 heteroatoms. The van der Waals surface area contributed by atoms with Gasteiger partial charge in [0.15, 0.2) is 0 Å². The molecule has 1 atom stereocenters. The highest BCUT2D eigenvalue weighted by molar-refractivity contribution is 9.10. The molecule has 2 aliphatic rings. The molecule has 32 heavy (non-hydrogen) atoms. The van der Waals surface area contributed by atoms with Gasteiger partial charge in [0.25, 0.3) is 0 Å². The summed E-state index contributed by atoms with van der Waals surface area (Å²) in [6.45, 7) is 2.06. The first-order valence-electron chi connectivity index (χ1n) is 10.1. The SMILES string of the molecule is CCOC(=O)C1=NN(c2ccc(Br)cc2)[C@@]2(NN=C(c3ccccc3)c3ccccc32)S1. The lowest BCUT2D eigenvalue weighted by molar-refractivity contribution is -0.134. The number of fused-ring (bicyclic) bond motifs is 2. The van der Waals surface area contributed by atoms with E-state index in [4.69, 9.17) is 9.84 Å². The minimum absolute atomic E-state index is 0.274. The number of ether oxygens (including phenoxy) is 1. The summed E-state index contributed by atoms with van der Waals surface area (Å²) in [5.74, 6) is -0.450. The number of hydrogen-bond acceptors (Lipinski definition) is 7. The van der Waals surface area contributed by atoms with Gasteiger partial charge in [0.05, 0.1) is 18.0 Å². The fraction of sp³-hybridized carbons (Fsp3) is 0.125. The van der Waals surface area contributed by atoms with Gasteiger partial charge in [-0.2, -0.15) is 10.2 Å². The first kappa shape index (κ1) is 20.8. The summed E-state index contributed by atoms with van der Waals surface area (Å²) in [6.07, 6.45) is 0. The number of benzene rings is 3. The molecule has 0 aliphatic carbocycles. The number of nitrogens with zero attached hydrogens (tertiary/aromatic N) is 3. The number of anilines is 1. The van der Waals surface area contributed by atoms with Crippen molar-refractivity contribution in [2.45, 2.75) is 11.9 Å². The van der Waals surface area contributed by atoms with Crippen LogP contribution in [0.25, 0.3) is 0 Å². The molecule has 5 rings (SSSR count). The van der Waals surface area contributed by atoms with E-state index in [2.05, 4.69) is 26.5 Å². The number of nitrogens with one attached hydrogen (secondary N) is 1. The second-order valence-corrected chi connectivity index (χ2v) is 9.24. The van der Waals surface area contributed by atoms with Gasteiger partial charge in [0.2, 0.25) is 10.0 Å². The molecular weight excluding hydrogens is 488 g/mol. The van der Waals surface area contributed by atoms with E-state index in [-0.39, 0.29) is 11.7 Å². The molecule has 0 unspecified atom stereocenters. The van der Waals surface area contributed by atoms with Crippen LogP contribution in [-0.4, -0.2) is 23.3 Å². The molecule has 0 bridgehead atoms. The molecule has 1 spiro atoms. The standard InChI is InChI=1S/C24H19BrN4O2S/c1-2-31-23(30)22-27-29(18-14-12-17(25)13-15-18)24(32-22)20-11-7-6-10-19(20)21(26-28-24)16-8-4-3-5-9-16/h3-15,28H,2H2,1H3/t24-/m1/s1. The van der Waals surface area contributed by atoms with Gasteiger partial charge in [-0.3, -0.25) is 5.43 Å². The highest BCUT2D eigenvalue weighted by Crippen LogP contribution is 2.49. The van der Waals surface area contributed by atoms with Crippen LogP contribution < -0.4 is 10.4 Å². The maximum Gasteiger partial charge on any atom is 0.365 e. The lowest BCUT2D eigenvalue weighted by Crippen LogP contribution is -2.51.